The Bertz CT molecular complexity index is 40.5. The molecule has 6 heavy (non-hydrogen) atoms. The van der Waals surface area contributed by atoms with E-state index in [0.29, 0.717) is 0 Å². The van der Waals surface area contributed by atoms with Crippen molar-refractivity contribution in [2.45, 2.75) is 0 Å². The van der Waals surface area contributed by atoms with Gasteiger partial charge in [0.1, 0.15) is 0 Å². The maximum absolute atomic E-state index is 8.19. The summed E-state index contributed by atoms with van der Waals surface area (Å²) in [5, 5.41) is 8.19. The van der Waals surface area contributed by atoms with Crippen LogP contribution in [0.4, 0.5) is 0 Å². The largest absolute Gasteiger partial charge is 0.308 e. The Labute approximate surface area is 40.0 Å². The number of hydrogen-bond donors (Lipinski definition) is 2. The lowest BCUT2D eigenvalue weighted by Gasteiger charge is -2.21. The standard InChI is InChI=1S/C3H11NOS/c1-6(2,3)4-5/h4-5H,1-3H3. The summed E-state index contributed by atoms with van der Waals surface area (Å²) in [4.78, 5) is 2.19. The van der Waals surface area contributed by atoms with E-state index in [1.807, 2.05) is 18.8 Å². The first-order valence-corrected chi connectivity index (χ1v) is 4.51. The zero-order chi connectivity index (χ0) is 5.21. The van der Waals surface area contributed by atoms with Crippen LogP contribution in [0.2, 0.25) is 0 Å². The Morgan fingerprint density at radius 2 is 1.50 bits per heavy atom. The maximum atomic E-state index is 8.19. The van der Waals surface area contributed by atoms with Crippen molar-refractivity contribution in [3.63, 3.8) is 0 Å². The van der Waals surface area contributed by atoms with Crippen molar-refractivity contribution in [3.05, 3.63) is 0 Å². The maximum Gasteiger partial charge on any atom is -0.0211 e. The van der Waals surface area contributed by atoms with E-state index in [4.69, 9.17) is 5.21 Å². The van der Waals surface area contributed by atoms with Gasteiger partial charge in [0.25, 0.3) is 0 Å². The van der Waals surface area contributed by atoms with Crippen molar-refractivity contribution in [1.29, 1.82) is 0 Å². The lowest BCUT2D eigenvalue weighted by molar-refractivity contribution is 0.254. The van der Waals surface area contributed by atoms with Gasteiger partial charge in [-0.05, 0) is 18.8 Å². The van der Waals surface area contributed by atoms with Crippen molar-refractivity contribution in [1.82, 2.24) is 4.89 Å². The topological polar surface area (TPSA) is 32.3 Å². The first-order chi connectivity index (χ1) is 2.56. The zero-order valence-corrected chi connectivity index (χ0v) is 5.17. The van der Waals surface area contributed by atoms with E-state index >= 15 is 0 Å². The molecule has 0 aromatic heterocycles. The Hall–Kier alpha value is 0.270. The Morgan fingerprint density at radius 1 is 1.33 bits per heavy atom. The van der Waals surface area contributed by atoms with Crippen molar-refractivity contribution >= 4 is 10.2 Å². The summed E-state index contributed by atoms with van der Waals surface area (Å²) in [6.07, 6.45) is 5.90. The van der Waals surface area contributed by atoms with Crippen LogP contribution in [0.1, 0.15) is 0 Å². The number of rotatable bonds is 1. The number of hydrogen-bond acceptors (Lipinski definition) is 2. The highest BCUT2D eigenvalue weighted by molar-refractivity contribution is 8.30. The molecule has 0 aliphatic rings. The second-order valence-corrected chi connectivity index (χ2v) is 5.79. The summed E-state index contributed by atoms with van der Waals surface area (Å²) in [5.74, 6) is 0. The molecule has 2 N–H and O–H groups in total. The molecule has 0 aliphatic carbocycles. The Kier molecular flexibility index (Phi) is 1.90. The fourth-order valence-corrected chi connectivity index (χ4v) is 0. The van der Waals surface area contributed by atoms with E-state index in [9.17, 15) is 0 Å². The predicted molar refractivity (Wildman–Crippen MR) is 30.3 cm³/mol. The Balaban J connectivity index is 3.17. The minimum atomic E-state index is -0.856. The lowest BCUT2D eigenvalue weighted by atomic mass is 11.9. The van der Waals surface area contributed by atoms with Gasteiger partial charge in [0, 0.05) is 0 Å². The third-order valence-corrected chi connectivity index (χ3v) is 0.822. The molecule has 0 amide bonds. The Morgan fingerprint density at radius 3 is 1.50 bits per heavy atom. The second-order valence-electron chi connectivity index (χ2n) is 1.93. The van der Waals surface area contributed by atoms with Gasteiger partial charge in [0.05, 0.1) is 0 Å². The molecule has 0 spiro atoms. The van der Waals surface area contributed by atoms with Gasteiger partial charge in [-0.15, -0.1) is 0 Å². The molecule has 0 aliphatic heterocycles. The summed E-state index contributed by atoms with van der Waals surface area (Å²) in [6, 6.07) is 0. The van der Waals surface area contributed by atoms with E-state index < -0.39 is 10.2 Å². The third-order valence-electron chi connectivity index (χ3n) is 0.274. The summed E-state index contributed by atoms with van der Waals surface area (Å²) in [7, 11) is -0.856. The van der Waals surface area contributed by atoms with Crippen LogP contribution in [0.3, 0.4) is 0 Å². The van der Waals surface area contributed by atoms with E-state index in [0.717, 1.165) is 0 Å². The van der Waals surface area contributed by atoms with Gasteiger partial charge in [-0.25, -0.2) is 0 Å². The zero-order valence-electron chi connectivity index (χ0n) is 4.36. The molecule has 0 rings (SSSR count). The van der Waals surface area contributed by atoms with Gasteiger partial charge in [-0.2, -0.15) is 15.1 Å². The van der Waals surface area contributed by atoms with Gasteiger partial charge in [0.15, 0.2) is 0 Å². The fraction of sp³-hybridized carbons (Fsp3) is 1.00. The molecule has 0 saturated heterocycles. The predicted octanol–water partition coefficient (Wildman–Crippen LogP) is 0.574. The summed E-state index contributed by atoms with van der Waals surface area (Å²) in [5.41, 5.74) is 0. The average Bonchev–Trinajstić information content (AvgIpc) is 1.35. The SMILES string of the molecule is CS(C)(C)NO. The molecule has 0 atom stereocenters. The highest BCUT2D eigenvalue weighted by atomic mass is 32.3. The lowest BCUT2D eigenvalue weighted by Crippen LogP contribution is -2.11. The van der Waals surface area contributed by atoms with Crippen LogP contribution >= 0.6 is 10.2 Å². The summed E-state index contributed by atoms with van der Waals surface area (Å²) in [6.45, 7) is 0. The normalized spacial score (nSPS) is 14.7. The molecule has 40 valence electrons. The first kappa shape index (κ1) is 6.27. The van der Waals surface area contributed by atoms with Crippen molar-refractivity contribution in [2.75, 3.05) is 18.8 Å². The molecule has 3 heteroatoms. The average molecular weight is 109 g/mol. The van der Waals surface area contributed by atoms with Crippen LogP contribution in [-0.4, -0.2) is 24.0 Å². The molecule has 0 unspecified atom stereocenters. The minimum Gasteiger partial charge on any atom is -0.308 e. The van der Waals surface area contributed by atoms with Crippen LogP contribution in [0.25, 0.3) is 0 Å². The molecule has 0 aromatic rings. The van der Waals surface area contributed by atoms with E-state index in [1.54, 1.807) is 0 Å². The quantitative estimate of drug-likeness (QED) is 0.483. The molecule has 0 heterocycles. The first-order valence-electron chi connectivity index (χ1n) is 1.65. The van der Waals surface area contributed by atoms with E-state index in [-0.39, 0.29) is 0 Å². The van der Waals surface area contributed by atoms with Crippen molar-refractivity contribution in [3.8, 4) is 0 Å². The molecule has 0 fully saturated rings. The molecular formula is C3H11NOS. The molecule has 0 bridgehead atoms. The summed E-state index contributed by atoms with van der Waals surface area (Å²) >= 11 is 0. The second kappa shape index (κ2) is 1.82. The highest BCUT2D eigenvalue weighted by Gasteiger charge is 1.95. The smallest absolute Gasteiger partial charge is 0.0211 e. The monoisotopic (exact) mass is 109 g/mol. The van der Waals surface area contributed by atoms with Crippen LogP contribution in [0.5, 0.6) is 0 Å². The molecule has 0 saturated carbocycles. The molecule has 0 radical (unpaired) electrons. The van der Waals surface area contributed by atoms with E-state index in [2.05, 4.69) is 4.89 Å². The van der Waals surface area contributed by atoms with Crippen LogP contribution in [0, 0.1) is 0 Å². The van der Waals surface area contributed by atoms with Gasteiger partial charge >= 0.3 is 0 Å². The molecule has 2 nitrogen and oxygen atoms in total. The third kappa shape index (κ3) is 4.27. The minimum absolute atomic E-state index is 0.856. The van der Waals surface area contributed by atoms with Crippen molar-refractivity contribution < 1.29 is 5.21 Å². The fourth-order valence-electron chi connectivity index (χ4n) is 0. The van der Waals surface area contributed by atoms with Crippen LogP contribution < -0.4 is 4.89 Å². The van der Waals surface area contributed by atoms with Gasteiger partial charge in [0.2, 0.25) is 0 Å². The van der Waals surface area contributed by atoms with E-state index in [1.165, 1.54) is 0 Å². The van der Waals surface area contributed by atoms with Gasteiger partial charge < -0.3 is 5.21 Å². The van der Waals surface area contributed by atoms with Gasteiger partial charge in [-0.1, -0.05) is 0 Å². The number of nitrogens with one attached hydrogen (secondary N) is 1. The molecular weight excluding hydrogens is 98.1 g/mol. The van der Waals surface area contributed by atoms with Crippen LogP contribution in [0.15, 0.2) is 0 Å². The van der Waals surface area contributed by atoms with Crippen LogP contribution in [-0.2, 0) is 0 Å². The summed E-state index contributed by atoms with van der Waals surface area (Å²) < 4.78 is 0. The van der Waals surface area contributed by atoms with Gasteiger partial charge in [-0.3, -0.25) is 0 Å². The van der Waals surface area contributed by atoms with Crippen molar-refractivity contribution in [2.24, 2.45) is 0 Å². The highest BCUT2D eigenvalue weighted by Crippen LogP contribution is 2.26. The molecule has 0 aromatic carbocycles.